The van der Waals surface area contributed by atoms with Gasteiger partial charge in [0.2, 0.25) is 0 Å². The van der Waals surface area contributed by atoms with Gasteiger partial charge in [-0.2, -0.15) is 0 Å². The topological polar surface area (TPSA) is 47.9 Å². The van der Waals surface area contributed by atoms with Crippen LogP contribution in [0.5, 0.6) is 0 Å². The molecular formula is C13H13BrMnN3. The van der Waals surface area contributed by atoms with Crippen LogP contribution in [0.2, 0.25) is 0 Å². The molecule has 0 spiro atoms. The molecule has 0 saturated carbocycles. The van der Waals surface area contributed by atoms with Crippen LogP contribution in [-0.4, -0.2) is 5.96 Å². The summed E-state index contributed by atoms with van der Waals surface area (Å²) in [6.07, 6.45) is 0. The molecule has 0 bridgehead atoms. The van der Waals surface area contributed by atoms with Gasteiger partial charge in [-0.1, -0.05) is 36.4 Å². The SMILES string of the molecule is N=C(Nc1ccccc1)Nc1ccccc1.[Mn][Br]. The van der Waals surface area contributed by atoms with Crippen LogP contribution < -0.4 is 10.6 Å². The third-order valence-electron chi connectivity index (χ3n) is 2.09. The molecule has 0 amide bonds. The van der Waals surface area contributed by atoms with Crippen molar-refractivity contribution in [2.24, 2.45) is 0 Å². The van der Waals surface area contributed by atoms with Gasteiger partial charge in [0.25, 0.3) is 0 Å². The summed E-state index contributed by atoms with van der Waals surface area (Å²) >= 11 is 5.50. The Labute approximate surface area is 122 Å². The Kier molecular flexibility index (Phi) is 7.18. The summed E-state index contributed by atoms with van der Waals surface area (Å²) in [6, 6.07) is 19.3. The predicted octanol–water partition coefficient (Wildman–Crippen LogP) is 3.99. The van der Waals surface area contributed by atoms with Crippen LogP contribution in [0, 0.1) is 5.41 Å². The number of guanidine groups is 1. The van der Waals surface area contributed by atoms with E-state index in [1.54, 1.807) is 0 Å². The van der Waals surface area contributed by atoms with Crippen molar-refractivity contribution in [2.75, 3.05) is 10.6 Å². The van der Waals surface area contributed by atoms with E-state index >= 15 is 0 Å². The fourth-order valence-corrected chi connectivity index (χ4v) is 1.36. The second-order valence-electron chi connectivity index (χ2n) is 3.36. The van der Waals surface area contributed by atoms with Gasteiger partial charge in [0.15, 0.2) is 5.96 Å². The first kappa shape index (κ1) is 14.8. The minimum absolute atomic E-state index is 0.261. The van der Waals surface area contributed by atoms with E-state index in [0.717, 1.165) is 11.4 Å². The van der Waals surface area contributed by atoms with Gasteiger partial charge in [0.05, 0.1) is 0 Å². The van der Waals surface area contributed by atoms with Crippen LogP contribution in [0.15, 0.2) is 60.7 Å². The van der Waals surface area contributed by atoms with Gasteiger partial charge in [-0.25, -0.2) is 0 Å². The van der Waals surface area contributed by atoms with Crippen LogP contribution in [0.1, 0.15) is 0 Å². The first-order chi connectivity index (χ1) is 8.84. The molecule has 0 aliphatic carbocycles. The second-order valence-corrected chi connectivity index (χ2v) is 3.36. The van der Waals surface area contributed by atoms with E-state index < -0.39 is 0 Å². The quantitative estimate of drug-likeness (QED) is 0.438. The maximum absolute atomic E-state index is 7.74. The van der Waals surface area contributed by atoms with Crippen molar-refractivity contribution in [1.82, 2.24) is 0 Å². The molecule has 3 N–H and O–H groups in total. The average molecular weight is 346 g/mol. The van der Waals surface area contributed by atoms with Gasteiger partial charge >= 0.3 is 28.3 Å². The summed E-state index contributed by atoms with van der Waals surface area (Å²) in [5.74, 6) is 0.261. The minimum atomic E-state index is 0.261. The monoisotopic (exact) mass is 345 g/mol. The van der Waals surface area contributed by atoms with Crippen LogP contribution >= 0.6 is 14.1 Å². The zero-order valence-corrected chi connectivity index (χ0v) is 12.3. The standard InChI is InChI=1S/C13H13N3.BrH.Mn/c14-13(15-11-7-3-1-4-8-11)16-12-9-5-2-6-10-12;;/h1-10H,(H3,14,15,16);1H;/q;;+1/p-1. The predicted molar refractivity (Wildman–Crippen MR) is 76.8 cm³/mol. The number of rotatable bonds is 2. The number of nitrogens with one attached hydrogen (secondary N) is 3. The third-order valence-corrected chi connectivity index (χ3v) is 2.09. The van der Waals surface area contributed by atoms with Crippen molar-refractivity contribution in [2.45, 2.75) is 0 Å². The van der Waals surface area contributed by atoms with Gasteiger partial charge in [-0.3, -0.25) is 5.41 Å². The molecule has 3 nitrogen and oxygen atoms in total. The number of halogens is 1. The maximum atomic E-state index is 7.74. The van der Waals surface area contributed by atoms with Gasteiger partial charge < -0.3 is 10.6 Å². The molecule has 0 radical (unpaired) electrons. The molecule has 2 aromatic carbocycles. The Morgan fingerprint density at radius 1 is 0.778 bits per heavy atom. The molecule has 2 rings (SSSR count). The summed E-state index contributed by atoms with van der Waals surface area (Å²) in [5.41, 5.74) is 1.80. The van der Waals surface area contributed by atoms with Crippen LogP contribution in [0.25, 0.3) is 0 Å². The van der Waals surface area contributed by atoms with Gasteiger partial charge in [0, 0.05) is 11.4 Å². The summed E-state index contributed by atoms with van der Waals surface area (Å²) in [6.45, 7) is 0. The Hall–Kier alpha value is -1.29. The Balaban J connectivity index is 0.000000771. The van der Waals surface area contributed by atoms with Crippen molar-refractivity contribution in [1.29, 1.82) is 5.41 Å². The molecule has 5 heteroatoms. The van der Waals surface area contributed by atoms with E-state index in [1.807, 2.05) is 60.7 Å². The van der Waals surface area contributed by atoms with Crippen LogP contribution in [0.3, 0.4) is 0 Å². The third kappa shape index (κ3) is 5.36. The van der Waals surface area contributed by atoms with E-state index in [-0.39, 0.29) is 5.96 Å². The molecule has 0 aromatic heterocycles. The van der Waals surface area contributed by atoms with E-state index in [2.05, 4.69) is 38.9 Å². The summed E-state index contributed by atoms with van der Waals surface area (Å²) in [7, 11) is 0. The normalized spacial score (nSPS) is 8.78. The number of hydrogen-bond acceptors (Lipinski definition) is 1. The molecule has 94 valence electrons. The molecule has 0 aliphatic rings. The number of benzene rings is 2. The number of para-hydroxylation sites is 2. The molecule has 0 heterocycles. The van der Waals surface area contributed by atoms with E-state index in [1.165, 1.54) is 0 Å². The van der Waals surface area contributed by atoms with Crippen LogP contribution in [-0.2, 0) is 14.2 Å². The van der Waals surface area contributed by atoms with E-state index in [4.69, 9.17) is 5.41 Å². The first-order valence-electron chi connectivity index (χ1n) is 5.21. The fourth-order valence-electron chi connectivity index (χ4n) is 1.36. The first-order valence-corrected chi connectivity index (χ1v) is 8.13. The molecule has 0 atom stereocenters. The summed E-state index contributed by atoms with van der Waals surface area (Å²) in [5, 5.41) is 13.7. The second kappa shape index (κ2) is 8.75. The van der Waals surface area contributed by atoms with Crippen molar-refractivity contribution in [3.8, 4) is 0 Å². The number of hydrogen-bond donors (Lipinski definition) is 3. The van der Waals surface area contributed by atoms with Gasteiger partial charge in [-0.15, -0.1) is 0 Å². The molecule has 0 saturated heterocycles. The Morgan fingerprint density at radius 2 is 1.11 bits per heavy atom. The fraction of sp³-hybridized carbons (Fsp3) is 0. The molecule has 2 aromatic rings. The Bertz CT molecular complexity index is 419. The van der Waals surface area contributed by atoms with Gasteiger partial charge in [0.1, 0.15) is 0 Å². The van der Waals surface area contributed by atoms with Crippen molar-refractivity contribution >= 4 is 31.4 Å². The zero-order chi connectivity index (χ0) is 13.2. The molecule has 0 fully saturated rings. The number of anilines is 2. The summed E-state index contributed by atoms with van der Waals surface area (Å²) < 4.78 is 0. The van der Waals surface area contributed by atoms with Gasteiger partial charge in [-0.05, 0) is 24.3 Å². The van der Waals surface area contributed by atoms with E-state index in [0.29, 0.717) is 0 Å². The summed E-state index contributed by atoms with van der Waals surface area (Å²) in [4.78, 5) is 0. The zero-order valence-electron chi connectivity index (χ0n) is 9.53. The molecular weight excluding hydrogens is 333 g/mol. The van der Waals surface area contributed by atoms with E-state index in [9.17, 15) is 0 Å². The van der Waals surface area contributed by atoms with Crippen molar-refractivity contribution in [3.63, 3.8) is 0 Å². The molecule has 0 aliphatic heterocycles. The molecule has 18 heavy (non-hydrogen) atoms. The van der Waals surface area contributed by atoms with Crippen molar-refractivity contribution in [3.05, 3.63) is 60.7 Å². The van der Waals surface area contributed by atoms with Crippen LogP contribution in [0.4, 0.5) is 11.4 Å². The Morgan fingerprint density at radius 3 is 1.44 bits per heavy atom. The van der Waals surface area contributed by atoms with Crippen molar-refractivity contribution < 1.29 is 14.2 Å². The molecule has 0 unspecified atom stereocenters. The average Bonchev–Trinajstić information content (AvgIpc) is 2.43.